The molecule has 0 aromatic heterocycles. The van der Waals surface area contributed by atoms with E-state index in [-0.39, 0.29) is 6.29 Å². The van der Waals surface area contributed by atoms with E-state index in [1.54, 1.807) is 0 Å². The van der Waals surface area contributed by atoms with Crippen molar-refractivity contribution in [3.05, 3.63) is 0 Å². The Morgan fingerprint density at radius 2 is 1.55 bits per heavy atom. The predicted molar refractivity (Wildman–Crippen MR) is 34.8 cm³/mol. The van der Waals surface area contributed by atoms with Gasteiger partial charge in [-0.25, -0.2) is 0 Å². The van der Waals surface area contributed by atoms with Crippen molar-refractivity contribution in [1.29, 1.82) is 0 Å². The summed E-state index contributed by atoms with van der Waals surface area (Å²) < 4.78 is 0. The van der Waals surface area contributed by atoms with Gasteiger partial charge in [0.15, 0.2) is 6.29 Å². The molecule has 0 atom stereocenters. The fourth-order valence-corrected chi connectivity index (χ4v) is 0.509. The maximum Gasteiger partial charge on any atom is 0.208 e. The third kappa shape index (κ3) is 1.83. The molecule has 0 aromatic rings. The molecule has 0 fully saturated rings. The number of Topliss-reactive ketones (excluding diaryl/α,β-unsaturated/α-hetero) is 1. The van der Waals surface area contributed by atoms with Crippen LogP contribution in [-0.4, -0.2) is 47.2 Å². The summed E-state index contributed by atoms with van der Waals surface area (Å²) in [5, 5.41) is 25.7. The maximum atomic E-state index is 10.7. The zero-order valence-electron chi connectivity index (χ0n) is 5.86. The standard InChI is InChI=1S/C6H10O5/c7-1-5(11)6(2-8,3-9)4-10/h1,8-10H,2-4H2. The van der Waals surface area contributed by atoms with Crippen LogP contribution in [-0.2, 0) is 9.59 Å². The normalized spacial score (nSPS) is 11.2. The average Bonchev–Trinajstić information content (AvgIpc) is 2.08. The molecule has 0 unspecified atom stereocenters. The SMILES string of the molecule is O=CC(=O)C(CO)(CO)CO. The minimum atomic E-state index is -1.71. The molecule has 5 nitrogen and oxygen atoms in total. The molecule has 0 aromatic carbocycles. The Bertz CT molecular complexity index is 141. The minimum absolute atomic E-state index is 0.0251. The van der Waals surface area contributed by atoms with Crippen molar-refractivity contribution in [3.63, 3.8) is 0 Å². The van der Waals surface area contributed by atoms with Crippen LogP contribution < -0.4 is 0 Å². The summed E-state index contributed by atoms with van der Waals surface area (Å²) in [5.41, 5.74) is -1.71. The lowest BCUT2D eigenvalue weighted by Gasteiger charge is -2.22. The van der Waals surface area contributed by atoms with Crippen LogP contribution in [0.15, 0.2) is 0 Å². The van der Waals surface area contributed by atoms with E-state index >= 15 is 0 Å². The number of aldehydes is 1. The van der Waals surface area contributed by atoms with E-state index in [1.807, 2.05) is 0 Å². The van der Waals surface area contributed by atoms with Gasteiger partial charge in [0.2, 0.25) is 5.78 Å². The Kier molecular flexibility index (Phi) is 3.88. The number of ketones is 1. The second kappa shape index (κ2) is 4.17. The van der Waals surface area contributed by atoms with E-state index in [4.69, 9.17) is 15.3 Å². The number of aliphatic hydroxyl groups is 3. The van der Waals surface area contributed by atoms with Gasteiger partial charge in [-0.2, -0.15) is 0 Å². The molecule has 0 heterocycles. The Balaban J connectivity index is 4.52. The number of rotatable bonds is 5. The highest BCUT2D eigenvalue weighted by Gasteiger charge is 2.36. The first-order valence-corrected chi connectivity index (χ1v) is 2.99. The molecule has 64 valence electrons. The topological polar surface area (TPSA) is 94.8 Å². The molecule has 0 spiro atoms. The molecule has 0 aliphatic rings. The van der Waals surface area contributed by atoms with Gasteiger partial charge in [-0.05, 0) is 0 Å². The fraction of sp³-hybridized carbons (Fsp3) is 0.667. The Hall–Kier alpha value is -0.780. The van der Waals surface area contributed by atoms with Gasteiger partial charge in [0, 0.05) is 0 Å². The summed E-state index contributed by atoms with van der Waals surface area (Å²) >= 11 is 0. The van der Waals surface area contributed by atoms with Crippen LogP contribution in [0, 0.1) is 5.41 Å². The van der Waals surface area contributed by atoms with Gasteiger partial charge in [0.05, 0.1) is 19.8 Å². The van der Waals surface area contributed by atoms with Crippen molar-refractivity contribution in [3.8, 4) is 0 Å². The first-order valence-electron chi connectivity index (χ1n) is 2.99. The Morgan fingerprint density at radius 3 is 1.64 bits per heavy atom. The van der Waals surface area contributed by atoms with Gasteiger partial charge in [-0.15, -0.1) is 0 Å². The molecular weight excluding hydrogens is 152 g/mol. The van der Waals surface area contributed by atoms with Crippen molar-refractivity contribution in [1.82, 2.24) is 0 Å². The Labute approximate surface area is 63.3 Å². The summed E-state index contributed by atoms with van der Waals surface area (Å²) in [7, 11) is 0. The molecule has 0 bridgehead atoms. The van der Waals surface area contributed by atoms with Gasteiger partial charge in [-0.1, -0.05) is 0 Å². The molecule has 0 radical (unpaired) electrons. The molecule has 0 amide bonds. The van der Waals surface area contributed by atoms with Crippen molar-refractivity contribution >= 4 is 12.1 Å². The molecule has 11 heavy (non-hydrogen) atoms. The summed E-state index contributed by atoms with van der Waals surface area (Å²) in [4.78, 5) is 20.6. The van der Waals surface area contributed by atoms with E-state index in [0.717, 1.165) is 0 Å². The van der Waals surface area contributed by atoms with E-state index in [0.29, 0.717) is 0 Å². The first-order chi connectivity index (χ1) is 5.16. The number of carbonyl (C=O) groups is 2. The molecule has 3 N–H and O–H groups in total. The van der Waals surface area contributed by atoms with Crippen LogP contribution in [0.1, 0.15) is 0 Å². The van der Waals surface area contributed by atoms with Gasteiger partial charge in [0.1, 0.15) is 5.41 Å². The van der Waals surface area contributed by atoms with Crippen LogP contribution in [0.25, 0.3) is 0 Å². The molecule has 0 saturated heterocycles. The fourth-order valence-electron chi connectivity index (χ4n) is 0.509. The first kappa shape index (κ1) is 10.2. The van der Waals surface area contributed by atoms with Crippen molar-refractivity contribution in [2.24, 2.45) is 5.41 Å². The van der Waals surface area contributed by atoms with E-state index in [9.17, 15) is 9.59 Å². The Morgan fingerprint density at radius 1 is 1.18 bits per heavy atom. The van der Waals surface area contributed by atoms with Gasteiger partial charge < -0.3 is 15.3 Å². The highest BCUT2D eigenvalue weighted by molar-refractivity contribution is 6.27. The smallest absolute Gasteiger partial charge is 0.208 e. The molecule has 0 aliphatic heterocycles. The van der Waals surface area contributed by atoms with Gasteiger partial charge in [0.25, 0.3) is 0 Å². The quantitative estimate of drug-likeness (QED) is 0.312. The van der Waals surface area contributed by atoms with Crippen LogP contribution in [0.2, 0.25) is 0 Å². The van der Waals surface area contributed by atoms with E-state index in [1.165, 1.54) is 0 Å². The summed E-state index contributed by atoms with van der Waals surface area (Å²) in [6.07, 6.45) is -0.0251. The minimum Gasteiger partial charge on any atom is -0.395 e. The highest BCUT2D eigenvalue weighted by Crippen LogP contribution is 2.14. The molecule has 0 rings (SSSR count). The summed E-state index contributed by atoms with van der Waals surface area (Å²) in [6.45, 7) is -2.22. The van der Waals surface area contributed by atoms with Crippen molar-refractivity contribution < 1.29 is 24.9 Å². The summed E-state index contributed by atoms with van der Waals surface area (Å²) in [6, 6.07) is 0. The maximum absolute atomic E-state index is 10.7. The molecule has 0 saturated carbocycles. The van der Waals surface area contributed by atoms with Crippen LogP contribution in [0.4, 0.5) is 0 Å². The second-order valence-corrected chi connectivity index (χ2v) is 2.24. The third-order valence-electron chi connectivity index (χ3n) is 1.54. The molecular formula is C6H10O5. The lowest BCUT2D eigenvalue weighted by Crippen LogP contribution is -2.42. The number of hydrogen-bond acceptors (Lipinski definition) is 5. The molecule has 5 heteroatoms. The monoisotopic (exact) mass is 162 g/mol. The van der Waals surface area contributed by atoms with E-state index < -0.39 is 31.0 Å². The van der Waals surface area contributed by atoms with E-state index in [2.05, 4.69) is 0 Å². The highest BCUT2D eigenvalue weighted by atomic mass is 16.3. The number of aliphatic hydroxyl groups excluding tert-OH is 3. The zero-order chi connectivity index (χ0) is 8.91. The predicted octanol–water partition coefficient (Wildman–Crippen LogP) is -2.28. The largest absolute Gasteiger partial charge is 0.395 e. The number of hydrogen-bond donors (Lipinski definition) is 3. The van der Waals surface area contributed by atoms with Gasteiger partial charge >= 0.3 is 0 Å². The second-order valence-electron chi connectivity index (χ2n) is 2.24. The van der Waals surface area contributed by atoms with Crippen molar-refractivity contribution in [2.45, 2.75) is 0 Å². The average molecular weight is 162 g/mol. The van der Waals surface area contributed by atoms with Crippen LogP contribution >= 0.6 is 0 Å². The van der Waals surface area contributed by atoms with Crippen molar-refractivity contribution in [2.75, 3.05) is 19.8 Å². The number of carbonyl (C=O) groups excluding carboxylic acids is 2. The van der Waals surface area contributed by atoms with Gasteiger partial charge in [-0.3, -0.25) is 9.59 Å². The molecule has 0 aliphatic carbocycles. The van der Waals surface area contributed by atoms with Crippen LogP contribution in [0.5, 0.6) is 0 Å². The third-order valence-corrected chi connectivity index (χ3v) is 1.54. The van der Waals surface area contributed by atoms with Crippen LogP contribution in [0.3, 0.4) is 0 Å². The summed E-state index contributed by atoms with van der Waals surface area (Å²) in [5.74, 6) is -0.995. The lowest BCUT2D eigenvalue weighted by molar-refractivity contribution is -0.143. The zero-order valence-corrected chi connectivity index (χ0v) is 5.86. The lowest BCUT2D eigenvalue weighted by atomic mass is 9.87.